The average molecular weight is 357 g/mol. The molecule has 1 unspecified atom stereocenters. The van der Waals surface area contributed by atoms with E-state index in [2.05, 4.69) is 21.8 Å². The number of rotatable bonds is 8. The van der Waals surface area contributed by atoms with E-state index in [-0.39, 0.29) is 16.7 Å². The highest BCUT2D eigenvalue weighted by Crippen LogP contribution is 2.20. The Morgan fingerprint density at radius 3 is 2.96 bits per heavy atom. The van der Waals surface area contributed by atoms with Crippen LogP contribution in [0.5, 0.6) is 0 Å². The number of aromatic nitrogens is 3. The van der Waals surface area contributed by atoms with Gasteiger partial charge in [-0.2, -0.15) is 11.8 Å². The number of hydrogen-bond donors (Lipinski definition) is 1. The Kier molecular flexibility index (Phi) is 5.62. The van der Waals surface area contributed by atoms with Crippen LogP contribution in [-0.2, 0) is 6.54 Å². The molecule has 0 aliphatic heterocycles. The van der Waals surface area contributed by atoms with Gasteiger partial charge in [-0.3, -0.25) is 14.5 Å². The van der Waals surface area contributed by atoms with Gasteiger partial charge in [0.25, 0.3) is 5.69 Å². The van der Waals surface area contributed by atoms with E-state index in [1.54, 1.807) is 23.9 Å². The Bertz CT molecular complexity index is 867. The molecule has 130 valence electrons. The largest absolute Gasteiger partial charge is 0.303 e. The third-order valence-corrected chi connectivity index (χ3v) is 4.58. The maximum Gasteiger partial charge on any atom is 0.269 e. The van der Waals surface area contributed by atoms with Gasteiger partial charge in [-0.15, -0.1) is 10.2 Å². The molecular weight excluding hydrogens is 338 g/mol. The van der Waals surface area contributed by atoms with E-state index in [0.717, 1.165) is 29.2 Å². The quantitative estimate of drug-likeness (QED) is 0.492. The topological polar surface area (TPSA) is 85.4 Å². The molecule has 0 bridgehead atoms. The predicted molar refractivity (Wildman–Crippen MR) is 98.7 cm³/mol. The van der Waals surface area contributed by atoms with Crippen molar-refractivity contribution in [3.8, 4) is 0 Å². The minimum atomic E-state index is -0.374. The Labute approximate surface area is 149 Å². The highest BCUT2D eigenvalue weighted by Gasteiger charge is 2.17. The van der Waals surface area contributed by atoms with Gasteiger partial charge < -0.3 is 5.32 Å². The zero-order chi connectivity index (χ0) is 17.6. The minimum Gasteiger partial charge on any atom is -0.303 e. The summed E-state index contributed by atoms with van der Waals surface area (Å²) < 4.78 is 1.98. The highest BCUT2D eigenvalue weighted by molar-refractivity contribution is 7.98. The van der Waals surface area contributed by atoms with Crippen LogP contribution in [0.1, 0.15) is 23.9 Å². The lowest BCUT2D eigenvalue weighted by atomic mass is 10.1. The second kappa shape index (κ2) is 8.09. The highest BCUT2D eigenvalue weighted by atomic mass is 32.2. The van der Waals surface area contributed by atoms with Crippen molar-refractivity contribution in [3.05, 3.63) is 70.2 Å². The lowest BCUT2D eigenvalue weighted by Gasteiger charge is -2.17. The summed E-state index contributed by atoms with van der Waals surface area (Å²) >= 11 is 1.77. The van der Waals surface area contributed by atoms with Crippen LogP contribution in [0.3, 0.4) is 0 Å². The van der Waals surface area contributed by atoms with Crippen molar-refractivity contribution in [1.29, 1.82) is 0 Å². The van der Waals surface area contributed by atoms with Crippen LogP contribution in [0.25, 0.3) is 5.65 Å². The monoisotopic (exact) mass is 357 g/mol. The second-order valence-corrected chi connectivity index (χ2v) is 6.61. The van der Waals surface area contributed by atoms with Gasteiger partial charge in [0.05, 0.1) is 11.0 Å². The Morgan fingerprint density at radius 1 is 1.28 bits per heavy atom. The van der Waals surface area contributed by atoms with E-state index in [0.29, 0.717) is 6.54 Å². The minimum absolute atomic E-state index is 0.0177. The average Bonchev–Trinajstić information content (AvgIpc) is 3.06. The molecule has 1 aromatic carbocycles. The van der Waals surface area contributed by atoms with Crippen LogP contribution in [0.2, 0.25) is 0 Å². The first-order valence-electron chi connectivity index (χ1n) is 7.94. The fraction of sp³-hybridized carbons (Fsp3) is 0.294. The van der Waals surface area contributed by atoms with Crippen molar-refractivity contribution in [2.24, 2.45) is 0 Å². The molecule has 0 radical (unpaired) electrons. The van der Waals surface area contributed by atoms with E-state index in [1.807, 2.05) is 34.9 Å². The van der Waals surface area contributed by atoms with E-state index < -0.39 is 0 Å². The lowest BCUT2D eigenvalue weighted by Crippen LogP contribution is -2.23. The molecule has 7 nitrogen and oxygen atoms in total. The van der Waals surface area contributed by atoms with Gasteiger partial charge in [0.2, 0.25) is 0 Å². The molecule has 2 aromatic heterocycles. The molecule has 0 saturated carbocycles. The maximum absolute atomic E-state index is 10.9. The summed E-state index contributed by atoms with van der Waals surface area (Å²) in [4.78, 5) is 10.6. The van der Waals surface area contributed by atoms with E-state index >= 15 is 0 Å². The fourth-order valence-corrected chi connectivity index (χ4v) is 3.15. The zero-order valence-electron chi connectivity index (χ0n) is 13.8. The summed E-state index contributed by atoms with van der Waals surface area (Å²) in [5, 5.41) is 23.0. The summed E-state index contributed by atoms with van der Waals surface area (Å²) in [6, 6.07) is 12.5. The third kappa shape index (κ3) is 4.15. The maximum atomic E-state index is 10.9. The van der Waals surface area contributed by atoms with Crippen LogP contribution in [0.15, 0.2) is 48.7 Å². The van der Waals surface area contributed by atoms with Gasteiger partial charge in [0, 0.05) is 24.9 Å². The lowest BCUT2D eigenvalue weighted by molar-refractivity contribution is -0.384. The molecule has 0 aliphatic carbocycles. The predicted octanol–water partition coefficient (Wildman–Crippen LogP) is 3.22. The number of non-ortho nitro benzene ring substituents is 1. The Balaban J connectivity index is 1.79. The summed E-state index contributed by atoms with van der Waals surface area (Å²) in [7, 11) is 0. The molecule has 0 aliphatic rings. The van der Waals surface area contributed by atoms with Gasteiger partial charge in [-0.05, 0) is 36.1 Å². The van der Waals surface area contributed by atoms with Gasteiger partial charge in [0.1, 0.15) is 0 Å². The van der Waals surface area contributed by atoms with Crippen LogP contribution < -0.4 is 5.32 Å². The molecule has 25 heavy (non-hydrogen) atoms. The molecule has 2 heterocycles. The van der Waals surface area contributed by atoms with Crippen molar-refractivity contribution in [2.45, 2.75) is 19.0 Å². The number of pyridine rings is 1. The summed E-state index contributed by atoms with van der Waals surface area (Å²) in [6.45, 7) is 0.530. The molecule has 8 heteroatoms. The summed E-state index contributed by atoms with van der Waals surface area (Å²) in [5.74, 6) is 1.84. The normalized spacial score (nSPS) is 12.4. The molecular formula is C17H19N5O2S. The first-order chi connectivity index (χ1) is 12.2. The molecule has 3 aromatic rings. The van der Waals surface area contributed by atoms with Crippen LogP contribution in [0, 0.1) is 10.1 Å². The summed E-state index contributed by atoms with van der Waals surface area (Å²) in [6.07, 6.45) is 4.91. The van der Waals surface area contributed by atoms with Crippen molar-refractivity contribution in [3.63, 3.8) is 0 Å². The SMILES string of the molecule is CSCCC(NCc1cccc([N+](=O)[O-])c1)c1nnc2ccccn12. The Hall–Kier alpha value is -2.45. The first-order valence-corrected chi connectivity index (χ1v) is 9.33. The molecule has 0 saturated heterocycles. The Morgan fingerprint density at radius 2 is 2.16 bits per heavy atom. The van der Waals surface area contributed by atoms with Gasteiger partial charge in [-0.25, -0.2) is 0 Å². The number of nitrogens with one attached hydrogen (secondary N) is 1. The van der Waals surface area contributed by atoms with E-state index in [9.17, 15) is 10.1 Å². The molecule has 1 atom stereocenters. The van der Waals surface area contributed by atoms with E-state index in [4.69, 9.17) is 0 Å². The third-order valence-electron chi connectivity index (χ3n) is 3.94. The molecule has 0 amide bonds. The molecule has 1 N–H and O–H groups in total. The van der Waals surface area contributed by atoms with Crippen LogP contribution in [0.4, 0.5) is 5.69 Å². The van der Waals surface area contributed by atoms with Crippen molar-refractivity contribution in [1.82, 2.24) is 19.9 Å². The van der Waals surface area contributed by atoms with Gasteiger partial charge >= 0.3 is 0 Å². The summed E-state index contributed by atoms with van der Waals surface area (Å²) in [5.41, 5.74) is 1.79. The smallest absolute Gasteiger partial charge is 0.269 e. The standard InChI is InChI=1S/C17H19N5O2S/c1-25-10-8-15(17-20-19-16-7-2-3-9-21(16)17)18-12-13-5-4-6-14(11-13)22(23)24/h2-7,9,11,15,18H,8,10,12H2,1H3. The van der Waals surface area contributed by atoms with Crippen molar-refractivity contribution < 1.29 is 4.92 Å². The second-order valence-electron chi connectivity index (χ2n) is 5.63. The number of thioether (sulfide) groups is 1. The van der Waals surface area contributed by atoms with Crippen LogP contribution in [-0.4, -0.2) is 31.5 Å². The fourth-order valence-electron chi connectivity index (χ4n) is 2.68. The number of fused-ring (bicyclic) bond motifs is 1. The molecule has 3 rings (SSSR count). The number of nitrogens with zero attached hydrogens (tertiary/aromatic N) is 4. The van der Waals surface area contributed by atoms with Crippen molar-refractivity contribution in [2.75, 3.05) is 12.0 Å². The molecule has 0 spiro atoms. The molecule has 0 fully saturated rings. The van der Waals surface area contributed by atoms with Crippen molar-refractivity contribution >= 4 is 23.1 Å². The van der Waals surface area contributed by atoms with Crippen LogP contribution >= 0.6 is 11.8 Å². The number of nitro groups is 1. The number of nitro benzene ring substituents is 1. The van der Waals surface area contributed by atoms with E-state index in [1.165, 1.54) is 6.07 Å². The van der Waals surface area contributed by atoms with Gasteiger partial charge in [-0.1, -0.05) is 18.2 Å². The zero-order valence-corrected chi connectivity index (χ0v) is 14.6. The first kappa shape index (κ1) is 17.4. The van der Waals surface area contributed by atoms with Gasteiger partial charge in [0.15, 0.2) is 11.5 Å². The number of hydrogen-bond acceptors (Lipinski definition) is 6. The number of benzene rings is 1.